The second-order valence-electron chi connectivity index (χ2n) is 5.00. The number of nitrogens with one attached hydrogen (secondary N) is 1. The molecule has 2 aromatic rings. The first-order chi connectivity index (χ1) is 10.7. The van der Waals surface area contributed by atoms with Crippen molar-refractivity contribution in [1.29, 1.82) is 5.26 Å². The molecule has 1 unspecified atom stereocenters. The van der Waals surface area contributed by atoms with Gasteiger partial charge in [0.15, 0.2) is 0 Å². The summed E-state index contributed by atoms with van der Waals surface area (Å²) in [5, 5.41) is 12.1. The molecule has 6 nitrogen and oxygen atoms in total. The molecule has 2 rings (SSSR count). The lowest BCUT2D eigenvalue weighted by Crippen LogP contribution is -2.06. The zero-order valence-corrected chi connectivity index (χ0v) is 14.8. The van der Waals surface area contributed by atoms with E-state index in [2.05, 4.69) is 32.3 Å². The maximum absolute atomic E-state index is 11.5. The molecule has 0 aliphatic carbocycles. The number of aromatic nitrogens is 1. The smallest absolute Gasteiger partial charge is 0.294 e. The molecule has 0 bridgehead atoms. The Bertz CT molecular complexity index is 874. The molecule has 0 fully saturated rings. The van der Waals surface area contributed by atoms with Gasteiger partial charge in [-0.3, -0.25) is 4.55 Å². The second kappa shape index (κ2) is 6.66. The van der Waals surface area contributed by atoms with Crippen LogP contribution in [0.2, 0.25) is 0 Å². The Morgan fingerprint density at radius 2 is 2.09 bits per heavy atom. The van der Waals surface area contributed by atoms with Crippen LogP contribution in [0.15, 0.2) is 39.8 Å². The average Bonchev–Trinajstić information content (AvgIpc) is 2.49. The van der Waals surface area contributed by atoms with E-state index in [1.807, 2.05) is 0 Å². The van der Waals surface area contributed by atoms with Crippen molar-refractivity contribution in [1.82, 2.24) is 4.98 Å². The molecule has 8 heteroatoms. The van der Waals surface area contributed by atoms with Crippen LogP contribution in [0.1, 0.15) is 24.0 Å². The summed E-state index contributed by atoms with van der Waals surface area (Å²) in [4.78, 5) is 3.90. The van der Waals surface area contributed by atoms with E-state index in [4.69, 9.17) is 5.26 Å². The largest absolute Gasteiger partial charge is 0.340 e. The third kappa shape index (κ3) is 4.07. The summed E-state index contributed by atoms with van der Waals surface area (Å²) in [5.41, 5.74) is 1.71. The highest BCUT2D eigenvalue weighted by Gasteiger charge is 2.18. The molecule has 1 aromatic carbocycles. The SMILES string of the molecule is Cc1c(Nc2ccc(Br)cn2)cc(S(=O)(=O)O)cc1C(C)C#N. The van der Waals surface area contributed by atoms with Crippen LogP contribution in [-0.2, 0) is 10.1 Å². The van der Waals surface area contributed by atoms with Crippen molar-refractivity contribution in [2.45, 2.75) is 24.7 Å². The molecule has 0 aliphatic rings. The normalized spacial score (nSPS) is 12.5. The Morgan fingerprint density at radius 1 is 1.39 bits per heavy atom. The fourth-order valence-electron chi connectivity index (χ4n) is 2.09. The van der Waals surface area contributed by atoms with E-state index in [9.17, 15) is 13.0 Å². The molecule has 0 saturated carbocycles. The summed E-state index contributed by atoms with van der Waals surface area (Å²) in [6.45, 7) is 3.44. The summed E-state index contributed by atoms with van der Waals surface area (Å²) in [7, 11) is -4.38. The van der Waals surface area contributed by atoms with Gasteiger partial charge in [0, 0.05) is 16.4 Å². The Labute approximate surface area is 143 Å². The Balaban J connectivity index is 2.57. The average molecular weight is 396 g/mol. The van der Waals surface area contributed by atoms with Crippen LogP contribution in [0.25, 0.3) is 0 Å². The minimum absolute atomic E-state index is 0.264. The highest BCUT2D eigenvalue weighted by Crippen LogP contribution is 2.31. The van der Waals surface area contributed by atoms with E-state index in [1.54, 1.807) is 32.2 Å². The van der Waals surface area contributed by atoms with E-state index in [1.165, 1.54) is 12.1 Å². The van der Waals surface area contributed by atoms with Gasteiger partial charge in [-0.1, -0.05) is 0 Å². The first kappa shape index (κ1) is 17.4. The molecule has 0 aliphatic heterocycles. The van der Waals surface area contributed by atoms with Crippen LogP contribution >= 0.6 is 15.9 Å². The van der Waals surface area contributed by atoms with Crippen LogP contribution in [-0.4, -0.2) is 18.0 Å². The van der Waals surface area contributed by atoms with Crippen LogP contribution in [0.4, 0.5) is 11.5 Å². The van der Waals surface area contributed by atoms with E-state index >= 15 is 0 Å². The number of rotatable bonds is 4. The zero-order chi connectivity index (χ0) is 17.2. The highest BCUT2D eigenvalue weighted by atomic mass is 79.9. The molecule has 1 atom stereocenters. The van der Waals surface area contributed by atoms with Crippen molar-refractivity contribution in [2.75, 3.05) is 5.32 Å². The minimum atomic E-state index is -4.38. The first-order valence-electron chi connectivity index (χ1n) is 6.62. The summed E-state index contributed by atoms with van der Waals surface area (Å²) in [6, 6.07) is 8.22. The standard InChI is InChI=1S/C15H14BrN3O3S/c1-9(7-17)13-5-12(23(20,21)22)6-14(10(13)2)19-15-4-3-11(16)8-18-15/h3-6,8-9H,1-2H3,(H,18,19)(H,20,21,22). The van der Waals surface area contributed by atoms with Crippen molar-refractivity contribution in [3.05, 3.63) is 46.1 Å². The monoisotopic (exact) mass is 395 g/mol. The molecular weight excluding hydrogens is 382 g/mol. The van der Waals surface area contributed by atoms with Gasteiger partial charge in [0.1, 0.15) is 5.82 Å². The van der Waals surface area contributed by atoms with Gasteiger partial charge in [-0.25, -0.2) is 4.98 Å². The van der Waals surface area contributed by atoms with E-state index < -0.39 is 16.0 Å². The van der Waals surface area contributed by atoms with Crippen molar-refractivity contribution in [2.24, 2.45) is 0 Å². The number of anilines is 2. The van der Waals surface area contributed by atoms with Crippen molar-refractivity contribution in [3.63, 3.8) is 0 Å². The fourth-order valence-corrected chi connectivity index (χ4v) is 2.87. The van der Waals surface area contributed by atoms with Gasteiger partial charge in [0.2, 0.25) is 0 Å². The van der Waals surface area contributed by atoms with Gasteiger partial charge in [0.05, 0.1) is 16.9 Å². The number of hydrogen-bond donors (Lipinski definition) is 2. The lowest BCUT2D eigenvalue weighted by Gasteiger charge is -2.16. The molecule has 23 heavy (non-hydrogen) atoms. The van der Waals surface area contributed by atoms with Gasteiger partial charge in [-0.05, 0) is 65.2 Å². The van der Waals surface area contributed by atoms with E-state index in [-0.39, 0.29) is 4.90 Å². The molecule has 0 saturated heterocycles. The van der Waals surface area contributed by atoms with Gasteiger partial charge in [-0.2, -0.15) is 13.7 Å². The maximum atomic E-state index is 11.5. The molecular formula is C15H14BrN3O3S. The predicted octanol–water partition coefficient (Wildman–Crippen LogP) is 3.77. The Hall–Kier alpha value is -1.95. The maximum Gasteiger partial charge on any atom is 0.294 e. The lowest BCUT2D eigenvalue weighted by atomic mass is 9.96. The lowest BCUT2D eigenvalue weighted by molar-refractivity contribution is 0.483. The highest BCUT2D eigenvalue weighted by molar-refractivity contribution is 9.10. The molecule has 1 heterocycles. The van der Waals surface area contributed by atoms with Gasteiger partial charge in [-0.15, -0.1) is 0 Å². The van der Waals surface area contributed by atoms with Gasteiger partial charge >= 0.3 is 0 Å². The topological polar surface area (TPSA) is 103 Å². The summed E-state index contributed by atoms with van der Waals surface area (Å²) < 4.78 is 33.1. The third-order valence-corrected chi connectivity index (χ3v) is 4.67. The van der Waals surface area contributed by atoms with Crippen molar-refractivity contribution < 1.29 is 13.0 Å². The fraction of sp³-hybridized carbons (Fsp3) is 0.200. The van der Waals surface area contributed by atoms with Crippen molar-refractivity contribution >= 4 is 37.6 Å². The molecule has 2 N–H and O–H groups in total. The third-order valence-electron chi connectivity index (χ3n) is 3.37. The molecule has 120 valence electrons. The Morgan fingerprint density at radius 3 is 2.61 bits per heavy atom. The first-order valence-corrected chi connectivity index (χ1v) is 8.86. The second-order valence-corrected chi connectivity index (χ2v) is 7.33. The summed E-state index contributed by atoms with van der Waals surface area (Å²) >= 11 is 3.28. The zero-order valence-electron chi connectivity index (χ0n) is 12.4. The quantitative estimate of drug-likeness (QED) is 0.763. The summed E-state index contributed by atoms with van der Waals surface area (Å²) in [6.07, 6.45) is 1.60. The number of benzene rings is 1. The van der Waals surface area contributed by atoms with Crippen LogP contribution < -0.4 is 5.32 Å². The number of pyridine rings is 1. The van der Waals surface area contributed by atoms with E-state index in [0.717, 1.165) is 10.0 Å². The molecule has 0 radical (unpaired) electrons. The van der Waals surface area contributed by atoms with E-state index in [0.29, 0.717) is 17.1 Å². The molecule has 0 amide bonds. The predicted molar refractivity (Wildman–Crippen MR) is 90.2 cm³/mol. The van der Waals surface area contributed by atoms with Gasteiger partial charge in [0.25, 0.3) is 10.1 Å². The van der Waals surface area contributed by atoms with Crippen LogP contribution in [0, 0.1) is 18.3 Å². The number of nitrogens with zero attached hydrogens (tertiary/aromatic N) is 2. The summed E-state index contributed by atoms with van der Waals surface area (Å²) in [5.74, 6) is -0.00512. The minimum Gasteiger partial charge on any atom is -0.340 e. The molecule has 1 aromatic heterocycles. The number of halogens is 1. The number of nitriles is 1. The number of hydrogen-bond acceptors (Lipinski definition) is 5. The van der Waals surface area contributed by atoms with Crippen LogP contribution in [0.3, 0.4) is 0 Å². The van der Waals surface area contributed by atoms with Crippen molar-refractivity contribution in [3.8, 4) is 6.07 Å². The van der Waals surface area contributed by atoms with Crippen LogP contribution in [0.5, 0.6) is 0 Å². The van der Waals surface area contributed by atoms with Gasteiger partial charge < -0.3 is 5.32 Å². The Kier molecular flexibility index (Phi) is 5.04. The molecule has 0 spiro atoms.